The van der Waals surface area contributed by atoms with E-state index in [0.717, 1.165) is 24.1 Å². The lowest BCUT2D eigenvalue weighted by molar-refractivity contribution is -0.130. The van der Waals surface area contributed by atoms with Crippen LogP contribution < -0.4 is 15.4 Å². The highest BCUT2D eigenvalue weighted by atomic mass is 127. The molecular weight excluding hydrogens is 493 g/mol. The number of carbonyl (C=O) groups excluding carboxylic acids is 1. The summed E-state index contributed by atoms with van der Waals surface area (Å²) < 4.78 is 5.60. The van der Waals surface area contributed by atoms with Crippen molar-refractivity contribution >= 4 is 35.8 Å². The van der Waals surface area contributed by atoms with Crippen LogP contribution in [0.2, 0.25) is 0 Å². The Hall–Kier alpha value is -1.55. The van der Waals surface area contributed by atoms with Gasteiger partial charge in [0.2, 0.25) is 0 Å². The predicted octanol–water partition coefficient (Wildman–Crippen LogP) is 2.45. The zero-order valence-electron chi connectivity index (χ0n) is 18.4. The molecule has 0 aromatic heterocycles. The largest absolute Gasteiger partial charge is 0.484 e. The van der Waals surface area contributed by atoms with Crippen LogP contribution in [0.3, 0.4) is 0 Å². The number of carbonyl (C=O) groups is 1. The fraction of sp³-hybridized carbons (Fsp3) is 0.636. The van der Waals surface area contributed by atoms with Gasteiger partial charge >= 0.3 is 0 Å². The number of aliphatic imine (C=N–C) groups is 1. The monoisotopic (exact) mass is 529 g/mol. The Balaban J connectivity index is 0.00000320. The Morgan fingerprint density at radius 2 is 2.03 bits per heavy atom. The van der Waals surface area contributed by atoms with Gasteiger partial charge < -0.3 is 20.3 Å². The molecule has 1 atom stereocenters. The van der Waals surface area contributed by atoms with E-state index in [4.69, 9.17) is 4.74 Å². The van der Waals surface area contributed by atoms with Crippen LogP contribution in [0.25, 0.3) is 0 Å². The fourth-order valence-corrected chi connectivity index (χ4v) is 4.10. The molecule has 1 amide bonds. The number of nitrogens with zero attached hydrogens (tertiary/aromatic N) is 3. The van der Waals surface area contributed by atoms with Gasteiger partial charge in [-0.1, -0.05) is 25.0 Å². The number of hydrogen-bond acceptors (Lipinski definition) is 4. The van der Waals surface area contributed by atoms with Gasteiger partial charge in [-0.3, -0.25) is 14.7 Å². The number of amides is 1. The SMILES string of the molecule is CN=C(NCc1cccc(OCC(=O)N(C)C)c1)NC1CCN(C2CCCC2)C1.I. The maximum Gasteiger partial charge on any atom is 0.259 e. The Bertz CT molecular complexity index is 707. The Labute approximate surface area is 197 Å². The molecule has 0 bridgehead atoms. The van der Waals surface area contributed by atoms with Gasteiger partial charge in [0.05, 0.1) is 0 Å². The number of ether oxygens (including phenoxy) is 1. The summed E-state index contributed by atoms with van der Waals surface area (Å²) in [5.41, 5.74) is 1.08. The van der Waals surface area contributed by atoms with Crippen molar-refractivity contribution in [1.82, 2.24) is 20.4 Å². The summed E-state index contributed by atoms with van der Waals surface area (Å²) in [6.07, 6.45) is 6.65. The summed E-state index contributed by atoms with van der Waals surface area (Å²) in [5, 5.41) is 6.97. The number of nitrogens with one attached hydrogen (secondary N) is 2. The number of likely N-dealkylation sites (N-methyl/N-ethyl adjacent to an activating group) is 1. The Morgan fingerprint density at radius 1 is 1.27 bits per heavy atom. The summed E-state index contributed by atoms with van der Waals surface area (Å²) in [6.45, 7) is 2.99. The van der Waals surface area contributed by atoms with Crippen LogP contribution in [-0.2, 0) is 11.3 Å². The number of halogens is 1. The molecule has 1 saturated carbocycles. The minimum absolute atomic E-state index is 0. The van der Waals surface area contributed by atoms with E-state index in [1.54, 1.807) is 14.1 Å². The molecule has 1 unspecified atom stereocenters. The van der Waals surface area contributed by atoms with Crippen molar-refractivity contribution in [3.8, 4) is 5.75 Å². The second kappa shape index (κ2) is 12.3. The van der Waals surface area contributed by atoms with E-state index in [1.165, 1.54) is 43.5 Å². The Morgan fingerprint density at radius 3 is 2.73 bits per heavy atom. The molecule has 1 aliphatic heterocycles. The first kappa shape index (κ1) is 24.7. The summed E-state index contributed by atoms with van der Waals surface area (Å²) in [5.74, 6) is 1.48. The number of benzene rings is 1. The number of rotatable bonds is 7. The van der Waals surface area contributed by atoms with Crippen molar-refractivity contribution in [2.75, 3.05) is 40.8 Å². The van der Waals surface area contributed by atoms with E-state index < -0.39 is 0 Å². The van der Waals surface area contributed by atoms with Gasteiger partial charge in [0.15, 0.2) is 12.6 Å². The van der Waals surface area contributed by atoms with Gasteiger partial charge in [-0.05, 0) is 37.0 Å². The third-order valence-corrected chi connectivity index (χ3v) is 5.84. The predicted molar refractivity (Wildman–Crippen MR) is 132 cm³/mol. The van der Waals surface area contributed by atoms with Crippen molar-refractivity contribution in [2.45, 2.75) is 50.7 Å². The zero-order valence-corrected chi connectivity index (χ0v) is 20.7. The van der Waals surface area contributed by atoms with Crippen molar-refractivity contribution in [1.29, 1.82) is 0 Å². The lowest BCUT2D eigenvalue weighted by atomic mass is 10.2. The average Bonchev–Trinajstić information content (AvgIpc) is 3.41. The third-order valence-electron chi connectivity index (χ3n) is 5.84. The molecule has 2 fully saturated rings. The number of hydrogen-bond donors (Lipinski definition) is 2. The highest BCUT2D eigenvalue weighted by molar-refractivity contribution is 14.0. The highest BCUT2D eigenvalue weighted by Crippen LogP contribution is 2.26. The van der Waals surface area contributed by atoms with Crippen LogP contribution in [0.15, 0.2) is 29.3 Å². The molecule has 7 nitrogen and oxygen atoms in total. The molecule has 1 saturated heterocycles. The van der Waals surface area contributed by atoms with Gasteiger partial charge in [-0.25, -0.2) is 0 Å². The Kier molecular flexibility index (Phi) is 10.2. The molecule has 1 aromatic rings. The molecule has 2 N–H and O–H groups in total. The third kappa shape index (κ3) is 7.30. The summed E-state index contributed by atoms with van der Waals surface area (Å²) in [4.78, 5) is 20.2. The maximum atomic E-state index is 11.7. The molecule has 0 spiro atoms. The summed E-state index contributed by atoms with van der Waals surface area (Å²) in [6, 6.07) is 9.06. The fourth-order valence-electron chi connectivity index (χ4n) is 4.10. The van der Waals surface area contributed by atoms with Gasteiger partial charge in [-0.15, -0.1) is 24.0 Å². The first-order valence-electron chi connectivity index (χ1n) is 10.7. The average molecular weight is 529 g/mol. The number of likely N-dealkylation sites (tertiary alicyclic amines) is 1. The zero-order chi connectivity index (χ0) is 20.6. The quantitative estimate of drug-likeness (QED) is 0.323. The van der Waals surface area contributed by atoms with Crippen molar-refractivity contribution in [3.05, 3.63) is 29.8 Å². The number of guanidine groups is 1. The van der Waals surface area contributed by atoms with E-state index in [9.17, 15) is 4.79 Å². The van der Waals surface area contributed by atoms with Crippen LogP contribution in [0.5, 0.6) is 5.75 Å². The summed E-state index contributed by atoms with van der Waals surface area (Å²) >= 11 is 0. The molecule has 1 aliphatic carbocycles. The van der Waals surface area contributed by atoms with E-state index in [-0.39, 0.29) is 36.5 Å². The van der Waals surface area contributed by atoms with E-state index in [0.29, 0.717) is 18.3 Å². The minimum atomic E-state index is -0.0543. The molecular formula is C22H36IN5O2. The molecule has 1 aromatic carbocycles. The molecule has 30 heavy (non-hydrogen) atoms. The molecule has 0 radical (unpaired) electrons. The van der Waals surface area contributed by atoms with Crippen LogP contribution in [0, 0.1) is 0 Å². The van der Waals surface area contributed by atoms with Gasteiger partial charge in [0.1, 0.15) is 5.75 Å². The standard InChI is InChI=1S/C22H35N5O2.HI/c1-23-22(25-18-11-12-27(15-18)19-8-4-5-9-19)24-14-17-7-6-10-20(13-17)29-16-21(28)26(2)3;/h6-7,10,13,18-19H,4-5,8-9,11-12,14-16H2,1-3H3,(H2,23,24,25);1H. The van der Waals surface area contributed by atoms with Crippen LogP contribution in [-0.4, -0.2) is 74.6 Å². The maximum absolute atomic E-state index is 11.7. The molecule has 1 heterocycles. The van der Waals surface area contributed by atoms with E-state index >= 15 is 0 Å². The van der Waals surface area contributed by atoms with Gasteiger partial charge in [0.25, 0.3) is 5.91 Å². The highest BCUT2D eigenvalue weighted by Gasteiger charge is 2.30. The van der Waals surface area contributed by atoms with Crippen LogP contribution in [0.1, 0.15) is 37.7 Å². The second-order valence-electron chi connectivity index (χ2n) is 8.21. The van der Waals surface area contributed by atoms with Crippen LogP contribution >= 0.6 is 24.0 Å². The molecule has 3 rings (SSSR count). The van der Waals surface area contributed by atoms with Gasteiger partial charge in [-0.2, -0.15) is 0 Å². The van der Waals surface area contributed by atoms with Crippen LogP contribution in [0.4, 0.5) is 0 Å². The second-order valence-corrected chi connectivity index (χ2v) is 8.21. The van der Waals surface area contributed by atoms with Crippen molar-refractivity contribution in [3.63, 3.8) is 0 Å². The molecule has 168 valence electrons. The first-order chi connectivity index (χ1) is 14.0. The molecule has 2 aliphatic rings. The van der Waals surface area contributed by atoms with Crippen molar-refractivity contribution < 1.29 is 9.53 Å². The van der Waals surface area contributed by atoms with E-state index in [1.807, 2.05) is 31.3 Å². The lowest BCUT2D eigenvalue weighted by Gasteiger charge is -2.24. The van der Waals surface area contributed by atoms with E-state index in [2.05, 4.69) is 20.5 Å². The molecule has 8 heteroatoms. The van der Waals surface area contributed by atoms with Gasteiger partial charge in [0, 0.05) is 52.9 Å². The minimum Gasteiger partial charge on any atom is -0.484 e. The normalized spacial score (nSPS) is 20.0. The first-order valence-corrected chi connectivity index (χ1v) is 10.7. The van der Waals surface area contributed by atoms with Crippen molar-refractivity contribution in [2.24, 2.45) is 4.99 Å². The lowest BCUT2D eigenvalue weighted by Crippen LogP contribution is -2.45. The smallest absolute Gasteiger partial charge is 0.259 e. The topological polar surface area (TPSA) is 69.2 Å². The summed E-state index contributed by atoms with van der Waals surface area (Å²) in [7, 11) is 5.26.